The van der Waals surface area contributed by atoms with Gasteiger partial charge in [-0.2, -0.15) is 5.10 Å². The number of methoxy groups -OCH3 is 1. The van der Waals surface area contributed by atoms with Gasteiger partial charge < -0.3 is 10.1 Å². The highest BCUT2D eigenvalue weighted by atomic mass is 16.5. The van der Waals surface area contributed by atoms with E-state index in [4.69, 9.17) is 4.74 Å². The Hall–Kier alpha value is -2.73. The number of carbonyl (C=O) groups is 1. The molecule has 0 aliphatic heterocycles. The first-order valence-electron chi connectivity index (χ1n) is 7.46. The second-order valence-corrected chi connectivity index (χ2v) is 5.09. The van der Waals surface area contributed by atoms with Crippen LogP contribution in [0.3, 0.4) is 0 Å². The standard InChI is InChI=1S/C17H18N4O2/c1-23-11-5-9-19-17(22)14-12-20-21-15(8-10-18-16(14)21)13-6-3-2-4-7-13/h2-4,6-8,10,12H,5,9,11H2,1H3,(H,19,22). The normalized spacial score (nSPS) is 10.8. The highest BCUT2D eigenvalue weighted by Crippen LogP contribution is 2.20. The molecule has 1 aromatic carbocycles. The Labute approximate surface area is 134 Å². The Morgan fingerprint density at radius 1 is 1.26 bits per heavy atom. The number of nitrogens with zero attached hydrogens (tertiary/aromatic N) is 3. The molecule has 6 heteroatoms. The third kappa shape index (κ3) is 3.22. The van der Waals surface area contributed by atoms with Gasteiger partial charge in [0.25, 0.3) is 5.91 Å². The van der Waals surface area contributed by atoms with E-state index in [0.29, 0.717) is 24.4 Å². The van der Waals surface area contributed by atoms with E-state index in [-0.39, 0.29) is 5.91 Å². The summed E-state index contributed by atoms with van der Waals surface area (Å²) in [5, 5.41) is 7.19. The van der Waals surface area contributed by atoms with E-state index in [1.54, 1.807) is 24.0 Å². The van der Waals surface area contributed by atoms with Crippen LogP contribution in [-0.2, 0) is 4.74 Å². The molecule has 0 saturated carbocycles. The molecule has 0 radical (unpaired) electrons. The summed E-state index contributed by atoms with van der Waals surface area (Å²) in [6, 6.07) is 11.8. The van der Waals surface area contributed by atoms with Gasteiger partial charge in [0.1, 0.15) is 5.56 Å². The minimum absolute atomic E-state index is 0.172. The minimum Gasteiger partial charge on any atom is -0.385 e. The molecule has 118 valence electrons. The van der Waals surface area contributed by atoms with Gasteiger partial charge in [0.2, 0.25) is 0 Å². The fourth-order valence-corrected chi connectivity index (χ4v) is 2.39. The van der Waals surface area contributed by atoms with E-state index in [9.17, 15) is 4.79 Å². The molecule has 0 unspecified atom stereocenters. The highest BCUT2D eigenvalue weighted by Gasteiger charge is 2.15. The summed E-state index contributed by atoms with van der Waals surface area (Å²) in [4.78, 5) is 16.6. The molecular weight excluding hydrogens is 292 g/mol. The lowest BCUT2D eigenvalue weighted by Crippen LogP contribution is -2.25. The molecule has 0 spiro atoms. The van der Waals surface area contributed by atoms with Crippen LogP contribution in [0.15, 0.2) is 48.8 Å². The van der Waals surface area contributed by atoms with Crippen molar-refractivity contribution in [3.63, 3.8) is 0 Å². The van der Waals surface area contributed by atoms with Crippen molar-refractivity contribution in [2.45, 2.75) is 6.42 Å². The fraction of sp³-hybridized carbons (Fsp3) is 0.235. The van der Waals surface area contributed by atoms with Crippen molar-refractivity contribution in [1.29, 1.82) is 0 Å². The summed E-state index contributed by atoms with van der Waals surface area (Å²) in [7, 11) is 1.64. The van der Waals surface area contributed by atoms with Crippen LogP contribution in [0.5, 0.6) is 0 Å². The molecule has 2 aromatic heterocycles. The van der Waals surface area contributed by atoms with Crippen LogP contribution in [0.4, 0.5) is 0 Å². The molecule has 3 aromatic rings. The number of nitrogens with one attached hydrogen (secondary N) is 1. The molecule has 23 heavy (non-hydrogen) atoms. The largest absolute Gasteiger partial charge is 0.385 e. The number of carbonyl (C=O) groups excluding carboxylic acids is 1. The summed E-state index contributed by atoms with van der Waals surface area (Å²) in [6.45, 7) is 1.17. The van der Waals surface area contributed by atoms with E-state index in [1.165, 1.54) is 0 Å². The predicted octanol–water partition coefficient (Wildman–Crippen LogP) is 2.16. The van der Waals surface area contributed by atoms with Gasteiger partial charge in [0.05, 0.1) is 11.9 Å². The number of benzene rings is 1. The molecule has 0 saturated heterocycles. The average molecular weight is 310 g/mol. The summed E-state index contributed by atoms with van der Waals surface area (Å²) in [6.07, 6.45) is 4.02. The predicted molar refractivity (Wildman–Crippen MR) is 87.2 cm³/mol. The third-order valence-corrected chi connectivity index (χ3v) is 3.53. The van der Waals surface area contributed by atoms with Crippen molar-refractivity contribution in [1.82, 2.24) is 19.9 Å². The molecular formula is C17H18N4O2. The topological polar surface area (TPSA) is 68.5 Å². The number of hydrogen-bond donors (Lipinski definition) is 1. The van der Waals surface area contributed by atoms with Gasteiger partial charge in [0, 0.05) is 32.0 Å². The number of amides is 1. The van der Waals surface area contributed by atoms with E-state index in [0.717, 1.165) is 17.7 Å². The SMILES string of the molecule is COCCCNC(=O)c1cnn2c(-c3ccccc3)ccnc12. The maximum atomic E-state index is 12.3. The van der Waals surface area contributed by atoms with Crippen LogP contribution < -0.4 is 5.32 Å². The van der Waals surface area contributed by atoms with Crippen LogP contribution in [0.1, 0.15) is 16.8 Å². The number of ether oxygens (including phenoxy) is 1. The Morgan fingerprint density at radius 3 is 2.87 bits per heavy atom. The van der Waals surface area contributed by atoms with Crippen molar-refractivity contribution in [3.8, 4) is 11.3 Å². The second kappa shape index (κ2) is 7.02. The number of hydrogen-bond acceptors (Lipinski definition) is 4. The first kappa shape index (κ1) is 15.2. The van der Waals surface area contributed by atoms with Gasteiger partial charge in [-0.05, 0) is 12.5 Å². The zero-order chi connectivity index (χ0) is 16.1. The molecule has 2 heterocycles. The minimum atomic E-state index is -0.172. The van der Waals surface area contributed by atoms with Gasteiger partial charge in [-0.25, -0.2) is 9.50 Å². The average Bonchev–Trinajstić information content (AvgIpc) is 3.03. The van der Waals surface area contributed by atoms with Crippen LogP contribution >= 0.6 is 0 Å². The molecule has 0 aliphatic carbocycles. The number of aromatic nitrogens is 3. The van der Waals surface area contributed by atoms with E-state index < -0.39 is 0 Å². The van der Waals surface area contributed by atoms with Crippen molar-refractivity contribution >= 4 is 11.6 Å². The van der Waals surface area contributed by atoms with Gasteiger partial charge in [-0.15, -0.1) is 0 Å². The molecule has 0 atom stereocenters. The van der Waals surface area contributed by atoms with Gasteiger partial charge in [-0.1, -0.05) is 30.3 Å². The Morgan fingerprint density at radius 2 is 2.09 bits per heavy atom. The maximum absolute atomic E-state index is 12.3. The Bertz CT molecular complexity index is 799. The Balaban J connectivity index is 1.88. The van der Waals surface area contributed by atoms with E-state index in [1.807, 2.05) is 36.4 Å². The van der Waals surface area contributed by atoms with Gasteiger partial charge in [0.15, 0.2) is 5.65 Å². The lowest BCUT2D eigenvalue weighted by molar-refractivity contribution is 0.0950. The molecule has 0 aliphatic rings. The van der Waals surface area contributed by atoms with Crippen molar-refractivity contribution in [2.24, 2.45) is 0 Å². The van der Waals surface area contributed by atoms with Crippen molar-refractivity contribution in [3.05, 3.63) is 54.4 Å². The number of rotatable bonds is 6. The quantitative estimate of drug-likeness (QED) is 0.708. The van der Waals surface area contributed by atoms with Crippen molar-refractivity contribution in [2.75, 3.05) is 20.3 Å². The fourth-order valence-electron chi connectivity index (χ4n) is 2.39. The maximum Gasteiger partial charge on any atom is 0.256 e. The molecule has 6 nitrogen and oxygen atoms in total. The summed E-state index contributed by atoms with van der Waals surface area (Å²) < 4.78 is 6.66. The molecule has 1 amide bonds. The lowest BCUT2D eigenvalue weighted by atomic mass is 10.1. The van der Waals surface area contributed by atoms with E-state index in [2.05, 4.69) is 15.4 Å². The smallest absolute Gasteiger partial charge is 0.256 e. The lowest BCUT2D eigenvalue weighted by Gasteiger charge is -2.05. The monoisotopic (exact) mass is 310 g/mol. The molecule has 0 fully saturated rings. The van der Waals surface area contributed by atoms with Gasteiger partial charge in [-0.3, -0.25) is 4.79 Å². The third-order valence-electron chi connectivity index (χ3n) is 3.53. The zero-order valence-electron chi connectivity index (χ0n) is 12.9. The van der Waals surface area contributed by atoms with Crippen LogP contribution in [-0.4, -0.2) is 40.8 Å². The van der Waals surface area contributed by atoms with Crippen LogP contribution in [0.2, 0.25) is 0 Å². The first-order valence-corrected chi connectivity index (χ1v) is 7.46. The first-order chi connectivity index (χ1) is 11.3. The highest BCUT2D eigenvalue weighted by molar-refractivity contribution is 5.99. The summed E-state index contributed by atoms with van der Waals surface area (Å²) in [5.41, 5.74) is 2.94. The number of fused-ring (bicyclic) bond motifs is 1. The summed E-state index contributed by atoms with van der Waals surface area (Å²) in [5.74, 6) is -0.172. The summed E-state index contributed by atoms with van der Waals surface area (Å²) >= 11 is 0. The van der Waals surface area contributed by atoms with Crippen LogP contribution in [0.25, 0.3) is 16.9 Å². The van der Waals surface area contributed by atoms with Crippen molar-refractivity contribution < 1.29 is 9.53 Å². The molecule has 1 N–H and O–H groups in total. The second-order valence-electron chi connectivity index (χ2n) is 5.09. The van der Waals surface area contributed by atoms with E-state index >= 15 is 0 Å². The Kier molecular flexibility index (Phi) is 4.63. The molecule has 3 rings (SSSR count). The zero-order valence-corrected chi connectivity index (χ0v) is 12.9. The molecule has 0 bridgehead atoms. The van der Waals surface area contributed by atoms with Crippen LogP contribution in [0, 0.1) is 0 Å². The van der Waals surface area contributed by atoms with Gasteiger partial charge >= 0.3 is 0 Å².